The van der Waals surface area contributed by atoms with Crippen molar-refractivity contribution in [3.8, 4) is 5.75 Å². The van der Waals surface area contributed by atoms with E-state index in [1.54, 1.807) is 32.9 Å². The van der Waals surface area contributed by atoms with Gasteiger partial charge in [-0.2, -0.15) is 0 Å². The zero-order valence-corrected chi connectivity index (χ0v) is 15.0. The van der Waals surface area contributed by atoms with Crippen molar-refractivity contribution in [2.24, 2.45) is 0 Å². The lowest BCUT2D eigenvalue weighted by molar-refractivity contribution is -0.267. The van der Waals surface area contributed by atoms with Gasteiger partial charge < -0.3 is 34.6 Å². The molecule has 1 aromatic carbocycles. The molecular weight excluding hydrogens is 344 g/mol. The maximum atomic E-state index is 12.3. The van der Waals surface area contributed by atoms with Crippen LogP contribution in [0.4, 0.5) is 0 Å². The van der Waals surface area contributed by atoms with Crippen molar-refractivity contribution in [1.82, 2.24) is 0 Å². The second-order valence-corrected chi connectivity index (χ2v) is 6.76. The van der Waals surface area contributed by atoms with Crippen LogP contribution in [0.3, 0.4) is 0 Å². The van der Waals surface area contributed by atoms with Crippen LogP contribution >= 0.6 is 0 Å². The van der Waals surface area contributed by atoms with E-state index in [9.17, 15) is 25.2 Å². The number of carbonyl (C=O) groups is 1. The number of esters is 1. The Morgan fingerprint density at radius 3 is 2.31 bits per heavy atom. The number of aliphatic hydroxyl groups is 3. The van der Waals surface area contributed by atoms with Gasteiger partial charge >= 0.3 is 5.97 Å². The Balaban J connectivity index is 2.08. The molecule has 0 saturated carbocycles. The van der Waals surface area contributed by atoms with Crippen molar-refractivity contribution < 1.29 is 39.4 Å². The largest absolute Gasteiger partial charge is 0.508 e. The molecular formula is C18H26O8. The topological polar surface area (TPSA) is 126 Å². The first-order valence-electron chi connectivity index (χ1n) is 8.45. The Labute approximate surface area is 151 Å². The predicted molar refractivity (Wildman–Crippen MR) is 90.3 cm³/mol. The SMILES string of the molecule is CCOC(C)(C)C1OC(C(=O)OCc2ccc(O)cc2)[C@@H](O)[C@H](O)[C@@H]1O. The average Bonchev–Trinajstić information content (AvgIpc) is 2.59. The summed E-state index contributed by atoms with van der Waals surface area (Å²) >= 11 is 0. The minimum absolute atomic E-state index is 0.0872. The summed E-state index contributed by atoms with van der Waals surface area (Å²) in [7, 11) is 0. The number of phenols is 1. The van der Waals surface area contributed by atoms with E-state index in [-0.39, 0.29) is 12.4 Å². The van der Waals surface area contributed by atoms with Crippen LogP contribution in [0, 0.1) is 0 Å². The number of hydrogen-bond donors (Lipinski definition) is 4. The lowest BCUT2D eigenvalue weighted by Crippen LogP contribution is -2.65. The summed E-state index contributed by atoms with van der Waals surface area (Å²) in [6.45, 7) is 5.34. The number of rotatable bonds is 6. The second-order valence-electron chi connectivity index (χ2n) is 6.76. The fourth-order valence-corrected chi connectivity index (χ4v) is 2.93. The molecule has 1 heterocycles. The van der Waals surface area contributed by atoms with Gasteiger partial charge in [-0.25, -0.2) is 4.79 Å². The highest BCUT2D eigenvalue weighted by Gasteiger charge is 2.52. The van der Waals surface area contributed by atoms with Crippen LogP contribution < -0.4 is 0 Å². The minimum atomic E-state index is -1.63. The van der Waals surface area contributed by atoms with Crippen molar-refractivity contribution in [2.75, 3.05) is 6.61 Å². The fourth-order valence-electron chi connectivity index (χ4n) is 2.93. The molecule has 1 fully saturated rings. The van der Waals surface area contributed by atoms with Crippen molar-refractivity contribution in [1.29, 1.82) is 0 Å². The van der Waals surface area contributed by atoms with E-state index in [0.29, 0.717) is 12.2 Å². The number of phenolic OH excluding ortho intramolecular Hbond substituents is 1. The third-order valence-corrected chi connectivity index (χ3v) is 4.36. The molecule has 0 spiro atoms. The smallest absolute Gasteiger partial charge is 0.338 e. The zero-order chi connectivity index (χ0) is 19.5. The van der Waals surface area contributed by atoms with Gasteiger partial charge in [0.15, 0.2) is 6.10 Å². The molecule has 4 N–H and O–H groups in total. The molecule has 5 atom stereocenters. The lowest BCUT2D eigenvalue weighted by Gasteiger charge is -2.45. The molecule has 8 heteroatoms. The lowest BCUT2D eigenvalue weighted by atomic mass is 9.86. The van der Waals surface area contributed by atoms with E-state index < -0.39 is 42.1 Å². The van der Waals surface area contributed by atoms with Crippen LogP contribution in [0.1, 0.15) is 26.3 Å². The van der Waals surface area contributed by atoms with E-state index in [1.807, 2.05) is 0 Å². The first-order valence-corrected chi connectivity index (χ1v) is 8.45. The summed E-state index contributed by atoms with van der Waals surface area (Å²) in [5, 5.41) is 39.7. The quantitative estimate of drug-likeness (QED) is 0.520. The Kier molecular flexibility index (Phi) is 6.59. The van der Waals surface area contributed by atoms with Gasteiger partial charge in [0, 0.05) is 6.61 Å². The van der Waals surface area contributed by atoms with Crippen LogP contribution in [0.25, 0.3) is 0 Å². The third-order valence-electron chi connectivity index (χ3n) is 4.36. The average molecular weight is 370 g/mol. The van der Waals surface area contributed by atoms with Crippen LogP contribution in [0.5, 0.6) is 5.75 Å². The Morgan fingerprint density at radius 2 is 1.73 bits per heavy atom. The molecule has 2 unspecified atom stereocenters. The normalized spacial score (nSPS) is 29.4. The first-order chi connectivity index (χ1) is 12.2. The number of aromatic hydroxyl groups is 1. The molecule has 0 radical (unpaired) electrons. The standard InChI is InChI=1S/C18H26O8/c1-4-25-18(2,3)16-14(22)12(20)13(21)15(26-16)17(23)24-9-10-5-7-11(19)8-6-10/h5-8,12-16,19-22H,4,9H2,1-3H3/t12-,13-,14-,15?,16?/m0/s1. The Bertz CT molecular complexity index is 600. The van der Waals surface area contributed by atoms with Crippen LogP contribution in [-0.4, -0.2) is 69.1 Å². The van der Waals surface area contributed by atoms with Crippen molar-refractivity contribution in [3.05, 3.63) is 29.8 Å². The Morgan fingerprint density at radius 1 is 1.12 bits per heavy atom. The first kappa shape index (κ1) is 20.6. The van der Waals surface area contributed by atoms with Crippen molar-refractivity contribution in [2.45, 2.75) is 63.5 Å². The summed E-state index contributed by atoms with van der Waals surface area (Å²) in [5.41, 5.74) is -0.363. The maximum absolute atomic E-state index is 12.3. The summed E-state index contributed by atoms with van der Waals surface area (Å²) in [6.07, 6.45) is -7.14. The Hall–Kier alpha value is -1.71. The maximum Gasteiger partial charge on any atom is 0.338 e. The summed E-state index contributed by atoms with van der Waals surface area (Å²) in [5.74, 6) is -0.780. The molecule has 0 amide bonds. The van der Waals surface area contributed by atoms with Gasteiger partial charge in [-0.15, -0.1) is 0 Å². The van der Waals surface area contributed by atoms with E-state index in [4.69, 9.17) is 14.2 Å². The second kappa shape index (κ2) is 8.32. The predicted octanol–water partition coefficient (Wildman–Crippen LogP) is 0.101. The molecule has 1 saturated heterocycles. The fraction of sp³-hybridized carbons (Fsp3) is 0.611. The van der Waals surface area contributed by atoms with Crippen molar-refractivity contribution >= 4 is 5.97 Å². The zero-order valence-electron chi connectivity index (χ0n) is 15.0. The molecule has 8 nitrogen and oxygen atoms in total. The van der Waals surface area contributed by atoms with Gasteiger partial charge in [0.05, 0.1) is 5.60 Å². The summed E-state index contributed by atoms with van der Waals surface area (Å²) in [4.78, 5) is 12.3. The molecule has 1 aromatic rings. The highest BCUT2D eigenvalue weighted by molar-refractivity contribution is 5.75. The highest BCUT2D eigenvalue weighted by Crippen LogP contribution is 2.31. The van der Waals surface area contributed by atoms with E-state index >= 15 is 0 Å². The number of benzene rings is 1. The number of hydrogen-bond acceptors (Lipinski definition) is 8. The van der Waals surface area contributed by atoms with Crippen LogP contribution in [-0.2, 0) is 25.6 Å². The molecule has 1 aliphatic rings. The van der Waals surface area contributed by atoms with Gasteiger partial charge in [0.1, 0.15) is 36.8 Å². The highest BCUT2D eigenvalue weighted by atomic mass is 16.6. The summed E-state index contributed by atoms with van der Waals surface area (Å²) in [6, 6.07) is 6.08. The van der Waals surface area contributed by atoms with Gasteiger partial charge in [0.2, 0.25) is 0 Å². The van der Waals surface area contributed by atoms with Gasteiger partial charge in [-0.3, -0.25) is 0 Å². The third kappa shape index (κ3) is 4.52. The van der Waals surface area contributed by atoms with Crippen LogP contribution in [0.2, 0.25) is 0 Å². The number of ether oxygens (including phenoxy) is 3. The summed E-state index contributed by atoms with van der Waals surface area (Å²) < 4.78 is 16.2. The number of carbonyl (C=O) groups excluding carboxylic acids is 1. The van der Waals surface area contributed by atoms with E-state index in [1.165, 1.54) is 12.1 Å². The van der Waals surface area contributed by atoms with E-state index in [0.717, 1.165) is 0 Å². The molecule has 0 bridgehead atoms. The van der Waals surface area contributed by atoms with E-state index in [2.05, 4.69) is 0 Å². The number of aliphatic hydroxyl groups excluding tert-OH is 3. The monoisotopic (exact) mass is 370 g/mol. The van der Waals surface area contributed by atoms with Crippen LogP contribution in [0.15, 0.2) is 24.3 Å². The molecule has 0 aromatic heterocycles. The molecule has 146 valence electrons. The van der Waals surface area contributed by atoms with Gasteiger partial charge in [-0.05, 0) is 38.5 Å². The van der Waals surface area contributed by atoms with Gasteiger partial charge in [-0.1, -0.05) is 12.1 Å². The molecule has 2 rings (SSSR count). The molecule has 1 aliphatic heterocycles. The minimum Gasteiger partial charge on any atom is -0.508 e. The molecule has 0 aliphatic carbocycles. The van der Waals surface area contributed by atoms with Crippen molar-refractivity contribution in [3.63, 3.8) is 0 Å². The van der Waals surface area contributed by atoms with Gasteiger partial charge in [0.25, 0.3) is 0 Å². The molecule has 26 heavy (non-hydrogen) atoms.